The third-order valence-corrected chi connectivity index (χ3v) is 5.94. The van der Waals surface area contributed by atoms with Crippen LogP contribution in [0.1, 0.15) is 24.5 Å². The molecule has 0 spiro atoms. The van der Waals surface area contributed by atoms with Crippen molar-refractivity contribution in [2.45, 2.75) is 25.2 Å². The van der Waals surface area contributed by atoms with Crippen LogP contribution in [0.5, 0.6) is 0 Å². The van der Waals surface area contributed by atoms with Crippen molar-refractivity contribution in [1.82, 2.24) is 4.31 Å². The lowest BCUT2D eigenvalue weighted by molar-refractivity contribution is 0.349. The van der Waals surface area contributed by atoms with Crippen LogP contribution in [0.15, 0.2) is 23.1 Å². The number of nitrogens with zero attached hydrogens (tertiary/aromatic N) is 2. The first kappa shape index (κ1) is 17.9. The van der Waals surface area contributed by atoms with Crippen LogP contribution >= 0.6 is 12.4 Å². The van der Waals surface area contributed by atoms with Crippen molar-refractivity contribution < 1.29 is 8.42 Å². The third kappa shape index (κ3) is 3.38. The first-order valence-electron chi connectivity index (χ1n) is 6.53. The van der Waals surface area contributed by atoms with Gasteiger partial charge in [0.05, 0.1) is 16.5 Å². The molecule has 1 unspecified atom stereocenters. The number of nitriles is 1. The summed E-state index contributed by atoms with van der Waals surface area (Å²) in [6.45, 7) is 5.12. The molecular formula is C14H20ClN3O2S. The van der Waals surface area contributed by atoms with Gasteiger partial charge in [-0.3, -0.25) is 0 Å². The van der Waals surface area contributed by atoms with Gasteiger partial charge in [-0.05, 0) is 43.0 Å². The Kier molecular flexibility index (Phi) is 5.40. The maximum atomic E-state index is 12.7. The average Bonchev–Trinajstić information content (AvgIpc) is 2.83. The van der Waals surface area contributed by atoms with Gasteiger partial charge in [0, 0.05) is 13.1 Å². The van der Waals surface area contributed by atoms with E-state index in [-0.39, 0.29) is 22.7 Å². The molecule has 7 heteroatoms. The third-order valence-electron chi connectivity index (χ3n) is 3.95. The molecule has 116 valence electrons. The second-order valence-electron chi connectivity index (χ2n) is 5.70. The lowest BCUT2D eigenvalue weighted by Crippen LogP contribution is -2.34. The summed E-state index contributed by atoms with van der Waals surface area (Å²) in [7, 11) is -3.56. The van der Waals surface area contributed by atoms with Crippen LogP contribution in [0.4, 0.5) is 0 Å². The highest BCUT2D eigenvalue weighted by Crippen LogP contribution is 2.33. The van der Waals surface area contributed by atoms with Crippen LogP contribution in [0.25, 0.3) is 0 Å². The highest BCUT2D eigenvalue weighted by atomic mass is 35.5. The fourth-order valence-corrected chi connectivity index (χ4v) is 4.28. The standard InChI is InChI=1S/C14H19N3O2S.ClH/c1-11-3-4-12(8-15)7-13(11)20(18,19)17-6-5-14(2,9-16)10-17;/h3-4,7H,5-6,9-10,16H2,1-2H3;1H. The molecule has 1 aliphatic rings. The minimum Gasteiger partial charge on any atom is -0.330 e. The largest absolute Gasteiger partial charge is 0.330 e. The summed E-state index contributed by atoms with van der Waals surface area (Å²) in [5.74, 6) is 0. The van der Waals surface area contributed by atoms with Crippen LogP contribution in [-0.2, 0) is 10.0 Å². The number of halogens is 1. The highest BCUT2D eigenvalue weighted by molar-refractivity contribution is 7.89. The molecule has 0 amide bonds. The second kappa shape index (κ2) is 6.32. The van der Waals surface area contributed by atoms with Crippen LogP contribution in [0, 0.1) is 23.7 Å². The Morgan fingerprint density at radius 1 is 1.48 bits per heavy atom. The topological polar surface area (TPSA) is 87.2 Å². The fraction of sp³-hybridized carbons (Fsp3) is 0.500. The van der Waals surface area contributed by atoms with Crippen molar-refractivity contribution in [2.24, 2.45) is 11.1 Å². The van der Waals surface area contributed by atoms with Crippen LogP contribution < -0.4 is 5.73 Å². The molecule has 0 radical (unpaired) electrons. The van der Waals surface area contributed by atoms with Crippen LogP contribution in [0.2, 0.25) is 0 Å². The van der Waals surface area contributed by atoms with Crippen molar-refractivity contribution in [3.8, 4) is 6.07 Å². The Hall–Kier alpha value is -1.13. The summed E-state index contributed by atoms with van der Waals surface area (Å²) >= 11 is 0. The Bertz CT molecular complexity index is 669. The van der Waals surface area contributed by atoms with Gasteiger partial charge in [-0.2, -0.15) is 9.57 Å². The number of hydrogen-bond donors (Lipinski definition) is 1. The highest BCUT2D eigenvalue weighted by Gasteiger charge is 2.39. The number of nitrogens with two attached hydrogens (primary N) is 1. The molecule has 1 aromatic rings. The first-order chi connectivity index (χ1) is 9.32. The number of aryl methyl sites for hydroxylation is 1. The van der Waals surface area contributed by atoms with E-state index in [1.165, 1.54) is 10.4 Å². The summed E-state index contributed by atoms with van der Waals surface area (Å²) in [5, 5.41) is 8.93. The second-order valence-corrected chi connectivity index (χ2v) is 7.60. The van der Waals surface area contributed by atoms with Gasteiger partial charge < -0.3 is 5.73 Å². The molecule has 0 bridgehead atoms. The van der Waals surface area contributed by atoms with Gasteiger partial charge in [-0.25, -0.2) is 8.42 Å². The van der Waals surface area contributed by atoms with E-state index in [9.17, 15) is 8.42 Å². The van der Waals surface area contributed by atoms with Gasteiger partial charge in [0.1, 0.15) is 0 Å². The molecule has 1 fully saturated rings. The summed E-state index contributed by atoms with van der Waals surface area (Å²) in [6.07, 6.45) is 0.764. The molecule has 5 nitrogen and oxygen atoms in total. The summed E-state index contributed by atoms with van der Waals surface area (Å²) in [4.78, 5) is 0.220. The van der Waals surface area contributed by atoms with Crippen molar-refractivity contribution in [3.63, 3.8) is 0 Å². The lowest BCUT2D eigenvalue weighted by Gasteiger charge is -2.23. The Morgan fingerprint density at radius 2 is 2.14 bits per heavy atom. The molecule has 2 rings (SSSR count). The van der Waals surface area contributed by atoms with Gasteiger partial charge in [0.2, 0.25) is 10.0 Å². The van der Waals surface area contributed by atoms with E-state index in [0.29, 0.717) is 30.8 Å². The summed E-state index contributed by atoms with van der Waals surface area (Å²) < 4.78 is 26.9. The normalized spacial score (nSPS) is 22.6. The van der Waals surface area contributed by atoms with Gasteiger partial charge in [-0.1, -0.05) is 13.0 Å². The SMILES string of the molecule is Cc1ccc(C#N)cc1S(=O)(=O)N1CCC(C)(CN)C1.Cl. The molecule has 1 saturated heterocycles. The van der Waals surface area contributed by atoms with Crippen molar-refractivity contribution >= 4 is 22.4 Å². The molecule has 1 atom stereocenters. The van der Waals surface area contributed by atoms with Gasteiger partial charge in [0.25, 0.3) is 0 Å². The van der Waals surface area contributed by atoms with Crippen molar-refractivity contribution in [3.05, 3.63) is 29.3 Å². The molecule has 1 aliphatic heterocycles. The predicted octanol–water partition coefficient (Wildman–Crippen LogP) is 1.65. The number of hydrogen-bond acceptors (Lipinski definition) is 4. The van der Waals surface area contributed by atoms with E-state index < -0.39 is 10.0 Å². The minimum absolute atomic E-state index is 0. The van der Waals surface area contributed by atoms with E-state index in [2.05, 4.69) is 0 Å². The van der Waals surface area contributed by atoms with E-state index in [1.807, 2.05) is 13.0 Å². The van der Waals surface area contributed by atoms with E-state index in [4.69, 9.17) is 11.0 Å². The van der Waals surface area contributed by atoms with Gasteiger partial charge in [0.15, 0.2) is 0 Å². The van der Waals surface area contributed by atoms with E-state index in [0.717, 1.165) is 6.42 Å². The first-order valence-corrected chi connectivity index (χ1v) is 7.97. The Morgan fingerprint density at radius 3 is 2.67 bits per heavy atom. The van der Waals surface area contributed by atoms with Crippen molar-refractivity contribution in [1.29, 1.82) is 5.26 Å². The van der Waals surface area contributed by atoms with Crippen LogP contribution in [-0.4, -0.2) is 32.4 Å². The molecule has 1 heterocycles. The van der Waals surface area contributed by atoms with Crippen molar-refractivity contribution in [2.75, 3.05) is 19.6 Å². The zero-order valence-corrected chi connectivity index (χ0v) is 13.8. The predicted molar refractivity (Wildman–Crippen MR) is 83.7 cm³/mol. The maximum absolute atomic E-state index is 12.7. The molecule has 0 aliphatic carbocycles. The monoisotopic (exact) mass is 329 g/mol. The maximum Gasteiger partial charge on any atom is 0.243 e. The van der Waals surface area contributed by atoms with E-state index >= 15 is 0 Å². The Balaban J connectivity index is 0.00000220. The number of rotatable bonds is 3. The molecule has 21 heavy (non-hydrogen) atoms. The molecular weight excluding hydrogens is 310 g/mol. The molecule has 2 N–H and O–H groups in total. The average molecular weight is 330 g/mol. The summed E-state index contributed by atoms with van der Waals surface area (Å²) in [6, 6.07) is 6.73. The molecule has 1 aromatic carbocycles. The van der Waals surface area contributed by atoms with Gasteiger partial charge in [-0.15, -0.1) is 12.4 Å². The fourth-order valence-electron chi connectivity index (χ4n) is 2.44. The van der Waals surface area contributed by atoms with Gasteiger partial charge >= 0.3 is 0 Å². The zero-order chi connectivity index (χ0) is 15.0. The van der Waals surface area contributed by atoms with E-state index in [1.54, 1.807) is 19.1 Å². The lowest BCUT2D eigenvalue weighted by atomic mass is 9.90. The number of sulfonamides is 1. The minimum atomic E-state index is -3.56. The number of benzene rings is 1. The molecule has 0 saturated carbocycles. The Labute approximate surface area is 132 Å². The smallest absolute Gasteiger partial charge is 0.243 e. The van der Waals surface area contributed by atoms with Crippen LogP contribution in [0.3, 0.4) is 0 Å². The molecule has 0 aromatic heterocycles. The summed E-state index contributed by atoms with van der Waals surface area (Å²) in [5.41, 5.74) is 6.58. The quantitative estimate of drug-likeness (QED) is 0.913. The zero-order valence-electron chi connectivity index (χ0n) is 12.2.